The summed E-state index contributed by atoms with van der Waals surface area (Å²) in [5.74, 6) is -0.363. The molecule has 2 rings (SSSR count). The molecule has 0 aliphatic heterocycles. The highest BCUT2D eigenvalue weighted by Gasteiger charge is 2.12. The van der Waals surface area contributed by atoms with Gasteiger partial charge in [0.05, 0.1) is 12.3 Å². The summed E-state index contributed by atoms with van der Waals surface area (Å²) in [5, 5.41) is 2.66. The van der Waals surface area contributed by atoms with Gasteiger partial charge in [-0.05, 0) is 36.1 Å². The lowest BCUT2D eigenvalue weighted by Gasteiger charge is -2.08. The number of rotatable bonds is 9. The first-order chi connectivity index (χ1) is 11.6. The van der Waals surface area contributed by atoms with E-state index in [-0.39, 0.29) is 18.2 Å². The summed E-state index contributed by atoms with van der Waals surface area (Å²) >= 11 is 0. The van der Waals surface area contributed by atoms with Crippen molar-refractivity contribution in [3.63, 3.8) is 0 Å². The highest BCUT2D eigenvalue weighted by molar-refractivity contribution is 7.89. The molecule has 1 aromatic heterocycles. The molecule has 24 heavy (non-hydrogen) atoms. The fraction of sp³-hybridized carbons (Fsp3) is 0.294. The normalized spacial score (nSPS) is 11.2. The van der Waals surface area contributed by atoms with Gasteiger partial charge in [-0.3, -0.25) is 9.78 Å². The van der Waals surface area contributed by atoms with Crippen LogP contribution in [0.3, 0.4) is 0 Å². The second kappa shape index (κ2) is 9.14. The number of pyridine rings is 1. The minimum atomic E-state index is -3.45. The Hall–Kier alpha value is -2.25. The van der Waals surface area contributed by atoms with Gasteiger partial charge in [-0.1, -0.05) is 30.3 Å². The van der Waals surface area contributed by atoms with Crippen molar-refractivity contribution >= 4 is 15.9 Å². The Morgan fingerprint density at radius 1 is 1.00 bits per heavy atom. The second-order valence-electron chi connectivity index (χ2n) is 5.36. The van der Waals surface area contributed by atoms with Gasteiger partial charge in [-0.25, -0.2) is 13.1 Å². The van der Waals surface area contributed by atoms with Crippen LogP contribution in [0.4, 0.5) is 0 Å². The lowest BCUT2D eigenvalue weighted by atomic mass is 10.1. The first kappa shape index (κ1) is 18.1. The van der Waals surface area contributed by atoms with E-state index in [1.54, 1.807) is 24.5 Å². The van der Waals surface area contributed by atoms with Crippen LogP contribution in [0.15, 0.2) is 54.9 Å². The number of amides is 1. The summed E-state index contributed by atoms with van der Waals surface area (Å²) in [4.78, 5) is 15.6. The molecule has 7 heteroatoms. The van der Waals surface area contributed by atoms with E-state index in [2.05, 4.69) is 15.0 Å². The van der Waals surface area contributed by atoms with E-state index in [4.69, 9.17) is 0 Å². The minimum absolute atomic E-state index is 0.000467. The summed E-state index contributed by atoms with van der Waals surface area (Å²) in [6.07, 6.45) is 4.47. The van der Waals surface area contributed by atoms with Crippen LogP contribution < -0.4 is 10.0 Å². The number of nitrogens with one attached hydrogen (secondary N) is 2. The monoisotopic (exact) mass is 347 g/mol. The van der Waals surface area contributed by atoms with Crippen LogP contribution in [0.5, 0.6) is 0 Å². The average molecular weight is 347 g/mol. The van der Waals surface area contributed by atoms with Crippen LogP contribution in [0.25, 0.3) is 0 Å². The van der Waals surface area contributed by atoms with Gasteiger partial charge in [-0.2, -0.15) is 0 Å². The molecule has 1 heterocycles. The predicted octanol–water partition coefficient (Wildman–Crippen LogP) is 1.25. The van der Waals surface area contributed by atoms with E-state index in [1.807, 2.05) is 30.3 Å². The van der Waals surface area contributed by atoms with Crippen LogP contribution in [-0.2, 0) is 27.8 Å². The third-order valence-corrected chi connectivity index (χ3v) is 4.82. The molecule has 0 bridgehead atoms. The number of nitrogens with zero attached hydrogens (tertiary/aromatic N) is 1. The maximum absolute atomic E-state index is 11.9. The number of benzene rings is 1. The lowest BCUT2D eigenvalue weighted by Crippen LogP contribution is -2.37. The largest absolute Gasteiger partial charge is 0.351 e. The molecule has 0 aliphatic carbocycles. The topological polar surface area (TPSA) is 88.2 Å². The molecular formula is C17H21N3O3S. The first-order valence-electron chi connectivity index (χ1n) is 7.72. The van der Waals surface area contributed by atoms with Crippen molar-refractivity contribution < 1.29 is 13.2 Å². The van der Waals surface area contributed by atoms with Gasteiger partial charge >= 0.3 is 0 Å². The quantitative estimate of drug-likeness (QED) is 0.714. The van der Waals surface area contributed by atoms with E-state index in [0.717, 1.165) is 11.1 Å². The highest BCUT2D eigenvalue weighted by atomic mass is 32.2. The SMILES string of the molecule is O=C(CNS(=O)(=O)CCCc1ccccc1)NCc1ccncc1. The molecule has 0 fully saturated rings. The van der Waals surface area contributed by atoms with E-state index in [1.165, 1.54) is 0 Å². The molecule has 2 aromatic rings. The maximum Gasteiger partial charge on any atom is 0.235 e. The Kier molecular flexibility index (Phi) is 6.89. The number of aryl methyl sites for hydroxylation is 1. The van der Waals surface area contributed by atoms with Crippen molar-refractivity contribution in [1.82, 2.24) is 15.0 Å². The number of carbonyl (C=O) groups is 1. The predicted molar refractivity (Wildman–Crippen MR) is 92.6 cm³/mol. The standard InChI is InChI=1S/C17H21N3O3S/c21-17(19-13-16-8-10-18-11-9-16)14-20-24(22,23)12-4-7-15-5-2-1-3-6-15/h1-3,5-6,8-11,20H,4,7,12-14H2,(H,19,21). The minimum Gasteiger partial charge on any atom is -0.351 e. The molecule has 1 aromatic carbocycles. The third kappa shape index (κ3) is 6.89. The summed E-state index contributed by atoms with van der Waals surface area (Å²) in [5.41, 5.74) is 2.01. The van der Waals surface area contributed by atoms with E-state index < -0.39 is 10.0 Å². The zero-order valence-corrected chi connectivity index (χ0v) is 14.1. The van der Waals surface area contributed by atoms with Crippen molar-refractivity contribution in [3.8, 4) is 0 Å². The summed E-state index contributed by atoms with van der Waals surface area (Å²) in [6, 6.07) is 13.3. The molecular weight excluding hydrogens is 326 g/mol. The Balaban J connectivity index is 1.67. The van der Waals surface area contributed by atoms with Crippen LogP contribution >= 0.6 is 0 Å². The molecule has 0 aliphatic rings. The van der Waals surface area contributed by atoms with E-state index in [9.17, 15) is 13.2 Å². The van der Waals surface area contributed by atoms with Crippen molar-refractivity contribution in [1.29, 1.82) is 0 Å². The maximum atomic E-state index is 11.9. The molecule has 0 saturated heterocycles. The Labute approximate surface area is 142 Å². The second-order valence-corrected chi connectivity index (χ2v) is 7.29. The number of carbonyl (C=O) groups excluding carboxylic acids is 1. The van der Waals surface area contributed by atoms with Crippen molar-refractivity contribution in [2.45, 2.75) is 19.4 Å². The van der Waals surface area contributed by atoms with Gasteiger partial charge in [-0.15, -0.1) is 0 Å². The Morgan fingerprint density at radius 3 is 2.42 bits per heavy atom. The van der Waals surface area contributed by atoms with Gasteiger partial charge in [0.1, 0.15) is 0 Å². The zero-order valence-electron chi connectivity index (χ0n) is 13.3. The third-order valence-electron chi connectivity index (χ3n) is 3.41. The summed E-state index contributed by atoms with van der Waals surface area (Å²) < 4.78 is 26.1. The number of sulfonamides is 1. The fourth-order valence-corrected chi connectivity index (χ4v) is 3.14. The zero-order chi connectivity index (χ0) is 17.3. The summed E-state index contributed by atoms with van der Waals surface area (Å²) in [7, 11) is -3.45. The molecule has 6 nitrogen and oxygen atoms in total. The number of hydrogen-bond donors (Lipinski definition) is 2. The van der Waals surface area contributed by atoms with Crippen LogP contribution in [0, 0.1) is 0 Å². The molecule has 1 amide bonds. The van der Waals surface area contributed by atoms with Crippen molar-refractivity contribution in [2.75, 3.05) is 12.3 Å². The lowest BCUT2D eigenvalue weighted by molar-refractivity contribution is -0.120. The van der Waals surface area contributed by atoms with Crippen molar-refractivity contribution in [3.05, 3.63) is 66.0 Å². The molecule has 0 saturated carbocycles. The number of hydrogen-bond acceptors (Lipinski definition) is 4. The molecule has 0 radical (unpaired) electrons. The Morgan fingerprint density at radius 2 is 1.71 bits per heavy atom. The average Bonchev–Trinajstić information content (AvgIpc) is 2.60. The van der Waals surface area contributed by atoms with Gasteiger partial charge < -0.3 is 5.32 Å². The molecule has 2 N–H and O–H groups in total. The smallest absolute Gasteiger partial charge is 0.235 e. The van der Waals surface area contributed by atoms with Gasteiger partial charge in [0, 0.05) is 18.9 Å². The molecule has 0 atom stereocenters. The fourth-order valence-electron chi connectivity index (χ4n) is 2.12. The van der Waals surface area contributed by atoms with Gasteiger partial charge in [0.25, 0.3) is 0 Å². The molecule has 0 unspecified atom stereocenters. The van der Waals surface area contributed by atoms with Gasteiger partial charge in [0.2, 0.25) is 15.9 Å². The number of aromatic nitrogens is 1. The van der Waals surface area contributed by atoms with E-state index >= 15 is 0 Å². The van der Waals surface area contributed by atoms with E-state index in [0.29, 0.717) is 19.4 Å². The van der Waals surface area contributed by atoms with Crippen LogP contribution in [0.1, 0.15) is 17.5 Å². The Bertz CT molecular complexity index is 734. The van der Waals surface area contributed by atoms with Crippen LogP contribution in [-0.4, -0.2) is 31.6 Å². The summed E-state index contributed by atoms with van der Waals surface area (Å²) in [6.45, 7) is 0.0931. The van der Waals surface area contributed by atoms with Crippen molar-refractivity contribution in [2.24, 2.45) is 0 Å². The highest BCUT2D eigenvalue weighted by Crippen LogP contribution is 2.03. The van der Waals surface area contributed by atoms with Gasteiger partial charge in [0.15, 0.2) is 0 Å². The first-order valence-corrected chi connectivity index (χ1v) is 9.37. The molecule has 0 spiro atoms. The molecule has 128 valence electrons. The van der Waals surface area contributed by atoms with Crippen LogP contribution in [0.2, 0.25) is 0 Å².